The van der Waals surface area contributed by atoms with Crippen LogP contribution in [-0.4, -0.2) is 15.6 Å². The number of benzene rings is 4. The monoisotopic (exact) mass is 393 g/mol. The van der Waals surface area contributed by atoms with E-state index in [1.807, 2.05) is 24.3 Å². The Balaban J connectivity index is 1.86. The zero-order chi connectivity index (χ0) is 20.8. The SMILES string of the molecule is Cc1ccc2ccccc2c1Cn1c2cc(CO)c[c]c2c2c(C(N)=O)cccc21. The number of aromatic nitrogens is 1. The number of carbonyl (C=O) groups excluding carboxylic acids is 1. The number of hydrogen-bond acceptors (Lipinski definition) is 2. The van der Waals surface area contributed by atoms with Crippen molar-refractivity contribution >= 4 is 38.5 Å². The summed E-state index contributed by atoms with van der Waals surface area (Å²) >= 11 is 0. The van der Waals surface area contributed by atoms with Gasteiger partial charge in [-0.15, -0.1) is 0 Å². The summed E-state index contributed by atoms with van der Waals surface area (Å²) in [6.45, 7) is 2.69. The minimum Gasteiger partial charge on any atom is -0.392 e. The molecule has 1 radical (unpaired) electrons. The molecule has 4 heteroatoms. The number of aryl methyl sites for hydroxylation is 1. The van der Waals surface area contributed by atoms with E-state index >= 15 is 0 Å². The van der Waals surface area contributed by atoms with Gasteiger partial charge in [-0.1, -0.05) is 42.5 Å². The number of rotatable bonds is 4. The van der Waals surface area contributed by atoms with E-state index in [0.29, 0.717) is 12.1 Å². The maximum atomic E-state index is 12.1. The lowest BCUT2D eigenvalue weighted by molar-refractivity contribution is 0.100. The molecule has 0 aliphatic carbocycles. The molecule has 0 atom stereocenters. The molecule has 4 aromatic carbocycles. The van der Waals surface area contributed by atoms with Crippen LogP contribution in [0.3, 0.4) is 0 Å². The Morgan fingerprint density at radius 1 is 1.07 bits per heavy atom. The van der Waals surface area contributed by atoms with Crippen LogP contribution in [0.25, 0.3) is 32.6 Å². The summed E-state index contributed by atoms with van der Waals surface area (Å²) in [5.41, 5.74) is 11.2. The van der Waals surface area contributed by atoms with Gasteiger partial charge in [0.25, 0.3) is 0 Å². The highest BCUT2D eigenvalue weighted by molar-refractivity contribution is 6.17. The summed E-state index contributed by atoms with van der Waals surface area (Å²) in [7, 11) is 0. The second-order valence-corrected chi connectivity index (χ2v) is 7.66. The number of hydrogen-bond donors (Lipinski definition) is 2. The van der Waals surface area contributed by atoms with Gasteiger partial charge >= 0.3 is 0 Å². The van der Waals surface area contributed by atoms with Gasteiger partial charge in [-0.25, -0.2) is 0 Å². The van der Waals surface area contributed by atoms with Crippen LogP contribution in [0.15, 0.2) is 66.7 Å². The Hall–Kier alpha value is -3.63. The Labute approximate surface area is 174 Å². The Morgan fingerprint density at radius 3 is 2.70 bits per heavy atom. The molecule has 3 N–H and O–H groups in total. The van der Waals surface area contributed by atoms with Crippen molar-refractivity contribution in [1.82, 2.24) is 4.57 Å². The Morgan fingerprint density at radius 2 is 1.90 bits per heavy atom. The molecule has 0 saturated heterocycles. The van der Waals surface area contributed by atoms with Gasteiger partial charge in [0.1, 0.15) is 0 Å². The van der Waals surface area contributed by atoms with Gasteiger partial charge in [0.2, 0.25) is 5.91 Å². The Bertz CT molecular complexity index is 1450. The van der Waals surface area contributed by atoms with Crippen molar-refractivity contribution in [1.29, 1.82) is 0 Å². The van der Waals surface area contributed by atoms with Crippen LogP contribution in [0, 0.1) is 13.0 Å². The summed E-state index contributed by atoms with van der Waals surface area (Å²) in [5, 5.41) is 13.7. The van der Waals surface area contributed by atoms with Gasteiger partial charge in [0, 0.05) is 22.9 Å². The molecule has 4 nitrogen and oxygen atoms in total. The van der Waals surface area contributed by atoms with E-state index in [0.717, 1.165) is 27.4 Å². The standard InChI is InChI=1S/C26H21N2O2/c1-16-9-11-18-5-2-3-6-19(18)22(16)14-28-23-8-4-7-21(26(27)30)25(23)20-12-10-17(15-29)13-24(20)28/h2-11,13,29H,14-15H2,1H3,(H2,27,30). The molecule has 1 heterocycles. The molecule has 0 unspecified atom stereocenters. The molecule has 1 aromatic heterocycles. The van der Waals surface area contributed by atoms with Crippen LogP contribution in [0.1, 0.15) is 27.0 Å². The van der Waals surface area contributed by atoms with Gasteiger partial charge in [-0.2, -0.15) is 0 Å². The van der Waals surface area contributed by atoms with Gasteiger partial charge in [-0.05, 0) is 64.7 Å². The largest absolute Gasteiger partial charge is 0.392 e. The minimum atomic E-state index is -0.458. The normalized spacial score (nSPS) is 11.5. The summed E-state index contributed by atoms with van der Waals surface area (Å²) in [6.07, 6.45) is 0. The van der Waals surface area contributed by atoms with E-state index in [9.17, 15) is 9.90 Å². The number of primary amides is 1. The van der Waals surface area contributed by atoms with Crippen LogP contribution in [0.5, 0.6) is 0 Å². The molecule has 1 amide bonds. The van der Waals surface area contributed by atoms with E-state index in [1.165, 1.54) is 21.9 Å². The van der Waals surface area contributed by atoms with Gasteiger partial charge in [0.15, 0.2) is 0 Å². The topological polar surface area (TPSA) is 68.2 Å². The summed E-state index contributed by atoms with van der Waals surface area (Å²) < 4.78 is 2.20. The lowest BCUT2D eigenvalue weighted by Crippen LogP contribution is -2.11. The summed E-state index contributed by atoms with van der Waals surface area (Å²) in [5.74, 6) is -0.458. The molecular formula is C26H21N2O2. The van der Waals surface area contributed by atoms with Crippen molar-refractivity contribution < 1.29 is 9.90 Å². The fourth-order valence-corrected chi connectivity index (χ4v) is 4.38. The predicted molar refractivity (Wildman–Crippen MR) is 121 cm³/mol. The highest BCUT2D eigenvalue weighted by atomic mass is 16.3. The van der Waals surface area contributed by atoms with E-state index in [2.05, 4.69) is 47.9 Å². The van der Waals surface area contributed by atoms with Crippen molar-refractivity contribution in [2.45, 2.75) is 20.1 Å². The van der Waals surface area contributed by atoms with Crippen molar-refractivity contribution in [2.75, 3.05) is 0 Å². The number of amides is 1. The van der Waals surface area contributed by atoms with Crippen molar-refractivity contribution in [3.63, 3.8) is 0 Å². The molecule has 147 valence electrons. The average Bonchev–Trinajstić information content (AvgIpc) is 3.08. The third-order valence-corrected chi connectivity index (χ3v) is 5.89. The van der Waals surface area contributed by atoms with Gasteiger partial charge in [-0.3, -0.25) is 4.79 Å². The van der Waals surface area contributed by atoms with Crippen LogP contribution in [0.4, 0.5) is 0 Å². The first kappa shape index (κ1) is 18.4. The number of aliphatic hydroxyl groups excluding tert-OH is 1. The van der Waals surface area contributed by atoms with Crippen molar-refractivity contribution in [3.05, 3.63) is 95.1 Å². The number of aliphatic hydroxyl groups is 1. The number of nitrogens with two attached hydrogens (primary N) is 1. The van der Waals surface area contributed by atoms with E-state index in [1.54, 1.807) is 12.1 Å². The number of nitrogens with zero attached hydrogens (tertiary/aromatic N) is 1. The van der Waals surface area contributed by atoms with Gasteiger partial charge < -0.3 is 15.4 Å². The summed E-state index contributed by atoms with van der Waals surface area (Å²) in [4.78, 5) is 12.1. The molecule has 5 aromatic rings. The third kappa shape index (κ3) is 2.77. The molecule has 0 spiro atoms. The Kier molecular flexibility index (Phi) is 4.30. The first-order valence-corrected chi connectivity index (χ1v) is 9.92. The summed E-state index contributed by atoms with van der Waals surface area (Å²) in [6, 6.07) is 25.3. The van der Waals surface area contributed by atoms with Gasteiger partial charge in [0.05, 0.1) is 17.6 Å². The van der Waals surface area contributed by atoms with E-state index in [4.69, 9.17) is 5.73 Å². The highest BCUT2D eigenvalue weighted by Crippen LogP contribution is 2.34. The maximum Gasteiger partial charge on any atom is 0.249 e. The van der Waals surface area contributed by atoms with Crippen LogP contribution in [-0.2, 0) is 13.2 Å². The zero-order valence-corrected chi connectivity index (χ0v) is 16.6. The first-order valence-electron chi connectivity index (χ1n) is 9.92. The number of carbonyl (C=O) groups is 1. The lowest BCUT2D eigenvalue weighted by atomic mass is 9.99. The molecule has 0 aliphatic rings. The average molecular weight is 393 g/mol. The smallest absolute Gasteiger partial charge is 0.249 e. The van der Waals surface area contributed by atoms with Crippen LogP contribution < -0.4 is 5.73 Å². The fraction of sp³-hybridized carbons (Fsp3) is 0.115. The minimum absolute atomic E-state index is 0.0655. The molecule has 0 bridgehead atoms. The first-order chi connectivity index (χ1) is 14.6. The maximum absolute atomic E-state index is 12.1. The molecule has 0 fully saturated rings. The number of fused-ring (bicyclic) bond motifs is 4. The highest BCUT2D eigenvalue weighted by Gasteiger charge is 2.18. The van der Waals surface area contributed by atoms with E-state index in [-0.39, 0.29) is 6.61 Å². The fourth-order valence-electron chi connectivity index (χ4n) is 4.38. The molecular weight excluding hydrogens is 372 g/mol. The van der Waals surface area contributed by atoms with Crippen molar-refractivity contribution in [2.24, 2.45) is 5.73 Å². The second kappa shape index (κ2) is 7.01. The van der Waals surface area contributed by atoms with Crippen LogP contribution >= 0.6 is 0 Å². The predicted octanol–water partition coefficient (Wildman–Crippen LogP) is 4.70. The third-order valence-electron chi connectivity index (χ3n) is 5.89. The van der Waals surface area contributed by atoms with E-state index < -0.39 is 5.91 Å². The quantitative estimate of drug-likeness (QED) is 0.465. The lowest BCUT2D eigenvalue weighted by Gasteiger charge is -2.14. The molecule has 0 aliphatic heterocycles. The molecule has 5 rings (SSSR count). The second-order valence-electron chi connectivity index (χ2n) is 7.66. The van der Waals surface area contributed by atoms with Crippen molar-refractivity contribution in [3.8, 4) is 0 Å². The molecule has 30 heavy (non-hydrogen) atoms. The zero-order valence-electron chi connectivity index (χ0n) is 16.6. The molecule has 0 saturated carbocycles. The van der Waals surface area contributed by atoms with Crippen LogP contribution in [0.2, 0.25) is 0 Å².